The number of fused-ring (bicyclic) bond motifs is 3. The molecule has 3 fully saturated rings. The second kappa shape index (κ2) is 10.5. The molecule has 3 aliphatic heterocycles. The number of aliphatic hydroxyl groups excluding tert-OH is 1. The number of piperazine rings is 1. The summed E-state index contributed by atoms with van der Waals surface area (Å²) >= 11 is 8.47. The van der Waals surface area contributed by atoms with Crippen LogP contribution in [0.5, 0.6) is 0 Å². The van der Waals surface area contributed by atoms with Crippen molar-refractivity contribution in [3.8, 4) is 0 Å². The summed E-state index contributed by atoms with van der Waals surface area (Å²) in [5.74, 6) is 0. The van der Waals surface area contributed by atoms with Gasteiger partial charge >= 0.3 is 0 Å². The lowest BCUT2D eigenvalue weighted by Gasteiger charge is -2.36. The first-order valence-corrected chi connectivity index (χ1v) is 11.5. The quantitative estimate of drug-likeness (QED) is 0.654. The van der Waals surface area contributed by atoms with Gasteiger partial charge in [-0.05, 0) is 37.8 Å². The van der Waals surface area contributed by atoms with Crippen molar-refractivity contribution >= 4 is 64.9 Å². The molecule has 3 saturated heterocycles. The summed E-state index contributed by atoms with van der Waals surface area (Å²) in [5, 5.41) is 11.5. The second-order valence-corrected chi connectivity index (χ2v) is 9.78. The number of halogens is 3. The van der Waals surface area contributed by atoms with Gasteiger partial charge in [-0.2, -0.15) is 0 Å². The lowest BCUT2D eigenvalue weighted by Crippen LogP contribution is -2.47. The molecule has 30 heavy (non-hydrogen) atoms. The molecule has 5 rings (SSSR count). The zero-order chi connectivity index (χ0) is 19.1. The number of thioether (sulfide) groups is 1. The summed E-state index contributed by atoms with van der Waals surface area (Å²) in [4.78, 5) is 12.9. The van der Waals surface area contributed by atoms with Gasteiger partial charge in [0, 0.05) is 38.0 Å². The van der Waals surface area contributed by atoms with Crippen molar-refractivity contribution in [2.45, 2.75) is 48.3 Å². The molecule has 0 aliphatic carbocycles. The molecule has 3 atom stereocenters. The van der Waals surface area contributed by atoms with E-state index in [-0.39, 0.29) is 31.4 Å². The van der Waals surface area contributed by atoms with E-state index in [0.29, 0.717) is 17.5 Å². The molecule has 10 heteroatoms. The van der Waals surface area contributed by atoms with Gasteiger partial charge in [0.05, 0.1) is 40.6 Å². The van der Waals surface area contributed by atoms with Crippen LogP contribution in [0.15, 0.2) is 17.3 Å². The maximum Gasteiger partial charge on any atom is 0.166 e. The average molecular weight is 496 g/mol. The number of benzene rings is 1. The lowest BCUT2D eigenvalue weighted by atomic mass is 10.1. The van der Waals surface area contributed by atoms with Gasteiger partial charge < -0.3 is 19.7 Å². The molecule has 2 aromatic rings. The molecule has 1 aromatic carbocycles. The fourth-order valence-corrected chi connectivity index (χ4v) is 6.25. The summed E-state index contributed by atoms with van der Waals surface area (Å²) in [6.07, 6.45) is 5.58. The molecule has 3 aliphatic rings. The summed E-state index contributed by atoms with van der Waals surface area (Å²) in [5.41, 5.74) is 3.06. The predicted molar refractivity (Wildman–Crippen MR) is 128 cm³/mol. The molecule has 0 spiro atoms. The van der Waals surface area contributed by atoms with E-state index in [1.807, 2.05) is 17.8 Å². The zero-order valence-corrected chi connectivity index (χ0v) is 20.0. The Labute approximate surface area is 198 Å². The van der Waals surface area contributed by atoms with E-state index in [4.69, 9.17) is 26.4 Å². The fraction of sp³-hybridized carbons (Fsp3) is 0.650. The van der Waals surface area contributed by atoms with Crippen LogP contribution in [0.3, 0.4) is 0 Å². The number of ether oxygens (including phenoxy) is 1. The maximum atomic E-state index is 9.12. The molecule has 2 N–H and O–H groups in total. The van der Waals surface area contributed by atoms with Crippen molar-refractivity contribution in [3.63, 3.8) is 0 Å². The first-order valence-electron chi connectivity index (χ1n) is 10.3. The third kappa shape index (κ3) is 5.14. The van der Waals surface area contributed by atoms with Gasteiger partial charge in [0.2, 0.25) is 0 Å². The Morgan fingerprint density at radius 2 is 1.83 bits per heavy atom. The van der Waals surface area contributed by atoms with Crippen LogP contribution in [0.2, 0.25) is 5.02 Å². The number of rotatable bonds is 5. The SMILES string of the molecule is Cl.Cl.OCCN1CCN(c2cc3[nH]c(S[C@@H]4C[C@H]5CC[C@@H](C4)O5)nc3cc2Cl)CC1. The highest BCUT2D eigenvalue weighted by Gasteiger charge is 2.35. The Kier molecular flexibility index (Phi) is 8.46. The number of nitrogens with one attached hydrogen (secondary N) is 1. The van der Waals surface area contributed by atoms with Gasteiger partial charge in [-0.3, -0.25) is 4.90 Å². The van der Waals surface area contributed by atoms with Crippen LogP contribution in [-0.2, 0) is 4.74 Å². The van der Waals surface area contributed by atoms with Crippen molar-refractivity contribution in [2.75, 3.05) is 44.2 Å². The van der Waals surface area contributed by atoms with Crippen molar-refractivity contribution in [3.05, 3.63) is 17.2 Å². The number of hydrogen-bond donors (Lipinski definition) is 2. The van der Waals surface area contributed by atoms with E-state index in [0.717, 1.165) is 72.5 Å². The number of aromatic nitrogens is 2. The predicted octanol–water partition coefficient (Wildman–Crippen LogP) is 3.98. The molecular formula is C20H29Cl3N4O2S. The molecule has 0 unspecified atom stereocenters. The number of β-amino-alcohol motifs (C(OH)–C–C–N with tert-alkyl or cyclic N) is 1. The largest absolute Gasteiger partial charge is 0.395 e. The summed E-state index contributed by atoms with van der Waals surface area (Å²) in [6, 6.07) is 4.13. The summed E-state index contributed by atoms with van der Waals surface area (Å²) < 4.78 is 5.96. The first kappa shape index (κ1) is 24.2. The summed E-state index contributed by atoms with van der Waals surface area (Å²) in [7, 11) is 0. The van der Waals surface area contributed by atoms with Crippen molar-refractivity contribution in [2.24, 2.45) is 0 Å². The minimum atomic E-state index is 0. The standard InChI is InChI=1S/C20H27ClN4O2S.2ClH/c21-16-11-17-18(12-19(16)25-5-3-24(4-6-25)7-8-26)23-20(22-17)28-15-9-13-1-2-14(10-15)27-13;;/h11-15,26H,1-10H2,(H,22,23);2*1H/t13-,14+,15-;;. The highest BCUT2D eigenvalue weighted by molar-refractivity contribution is 7.99. The van der Waals surface area contributed by atoms with Crippen molar-refractivity contribution < 1.29 is 9.84 Å². The van der Waals surface area contributed by atoms with Gasteiger partial charge in [0.25, 0.3) is 0 Å². The molecule has 0 saturated carbocycles. The van der Waals surface area contributed by atoms with Gasteiger partial charge in [-0.15, -0.1) is 24.8 Å². The fourth-order valence-electron chi connectivity index (χ4n) is 4.71. The molecule has 6 nitrogen and oxygen atoms in total. The number of aromatic amines is 1. The average Bonchev–Trinajstić information content (AvgIpc) is 3.23. The molecule has 4 heterocycles. The number of hydrogen-bond acceptors (Lipinski definition) is 6. The van der Waals surface area contributed by atoms with Gasteiger partial charge in [-0.25, -0.2) is 4.98 Å². The lowest BCUT2D eigenvalue weighted by molar-refractivity contribution is 0.00861. The van der Waals surface area contributed by atoms with Crippen molar-refractivity contribution in [1.29, 1.82) is 0 Å². The molecule has 1 aromatic heterocycles. The van der Waals surface area contributed by atoms with Gasteiger partial charge in [0.1, 0.15) is 0 Å². The van der Waals surface area contributed by atoms with E-state index in [9.17, 15) is 0 Å². The third-order valence-electron chi connectivity index (χ3n) is 6.18. The highest BCUT2D eigenvalue weighted by Crippen LogP contribution is 2.40. The minimum absolute atomic E-state index is 0. The Balaban J connectivity index is 0.00000128. The topological polar surface area (TPSA) is 64.6 Å². The normalized spacial score (nSPS) is 26.5. The molecule has 0 amide bonds. The van der Waals surface area contributed by atoms with Crippen LogP contribution in [0.4, 0.5) is 5.69 Å². The number of anilines is 1. The van der Waals surface area contributed by atoms with Gasteiger partial charge in [-0.1, -0.05) is 23.4 Å². The zero-order valence-electron chi connectivity index (χ0n) is 16.8. The maximum absolute atomic E-state index is 9.12. The Morgan fingerprint density at radius 3 is 2.50 bits per heavy atom. The van der Waals surface area contributed by atoms with Crippen LogP contribution in [-0.4, -0.2) is 76.8 Å². The molecule has 168 valence electrons. The minimum Gasteiger partial charge on any atom is -0.395 e. The molecule has 0 radical (unpaired) electrons. The Bertz CT molecular complexity index is 835. The van der Waals surface area contributed by atoms with E-state index >= 15 is 0 Å². The van der Waals surface area contributed by atoms with Crippen LogP contribution in [0.1, 0.15) is 25.7 Å². The first-order chi connectivity index (χ1) is 13.7. The van der Waals surface area contributed by atoms with E-state index in [2.05, 4.69) is 20.9 Å². The van der Waals surface area contributed by atoms with Crippen molar-refractivity contribution in [1.82, 2.24) is 14.9 Å². The number of imidazole rings is 1. The number of aliphatic hydroxyl groups is 1. The smallest absolute Gasteiger partial charge is 0.166 e. The Morgan fingerprint density at radius 1 is 1.13 bits per heavy atom. The number of nitrogens with zero attached hydrogens (tertiary/aromatic N) is 3. The molecular weight excluding hydrogens is 467 g/mol. The van der Waals surface area contributed by atoms with E-state index in [1.165, 1.54) is 12.8 Å². The monoisotopic (exact) mass is 494 g/mol. The van der Waals surface area contributed by atoms with Crippen LogP contribution >= 0.6 is 48.2 Å². The molecule has 2 bridgehead atoms. The summed E-state index contributed by atoms with van der Waals surface area (Å²) in [6.45, 7) is 4.71. The highest BCUT2D eigenvalue weighted by atomic mass is 35.5. The van der Waals surface area contributed by atoms with Crippen LogP contribution < -0.4 is 4.90 Å². The third-order valence-corrected chi connectivity index (χ3v) is 7.62. The van der Waals surface area contributed by atoms with Gasteiger partial charge in [0.15, 0.2) is 5.16 Å². The Hall–Kier alpha value is -0.410. The van der Waals surface area contributed by atoms with E-state index < -0.39 is 0 Å². The number of H-pyrrole nitrogens is 1. The van der Waals surface area contributed by atoms with Crippen LogP contribution in [0, 0.1) is 0 Å². The van der Waals surface area contributed by atoms with Crippen LogP contribution in [0.25, 0.3) is 11.0 Å². The second-order valence-electron chi connectivity index (χ2n) is 8.08. The van der Waals surface area contributed by atoms with E-state index in [1.54, 1.807) is 0 Å².